The Kier molecular flexibility index (Phi) is 4.93. The van der Waals surface area contributed by atoms with Gasteiger partial charge in [0.15, 0.2) is 11.6 Å². The van der Waals surface area contributed by atoms with E-state index >= 15 is 0 Å². The zero-order chi connectivity index (χ0) is 22.2. The van der Waals surface area contributed by atoms with Crippen LogP contribution in [-0.2, 0) is 4.79 Å². The Labute approximate surface area is 183 Å². The molecule has 162 valence electrons. The first-order valence-electron chi connectivity index (χ1n) is 10.5. The maximum absolute atomic E-state index is 13.0. The third-order valence-electron chi connectivity index (χ3n) is 5.72. The summed E-state index contributed by atoms with van der Waals surface area (Å²) in [7, 11) is 0. The van der Waals surface area contributed by atoms with E-state index in [-0.39, 0.29) is 11.5 Å². The standard InChI is InChI=1S/C23H21N5O4/c1-2-32-19-9-4-3-6-16(19)21-20-17(7-5-8-18(20)29)24-23-25-22(26-27(21)23)14-10-12-15(13-11-14)28(30)31/h3-4,6,9-13,21H,2,5,7-8H2,1H3,(H,24,25,26). The van der Waals surface area contributed by atoms with Gasteiger partial charge in [0.2, 0.25) is 5.95 Å². The molecule has 1 unspecified atom stereocenters. The molecular weight excluding hydrogens is 410 g/mol. The first-order chi connectivity index (χ1) is 15.6. The predicted octanol–water partition coefficient (Wildman–Crippen LogP) is 4.27. The lowest BCUT2D eigenvalue weighted by atomic mass is 9.85. The van der Waals surface area contributed by atoms with Gasteiger partial charge in [0.1, 0.15) is 11.8 Å². The molecule has 2 aliphatic rings. The lowest BCUT2D eigenvalue weighted by molar-refractivity contribution is -0.384. The van der Waals surface area contributed by atoms with E-state index in [2.05, 4.69) is 10.3 Å². The number of non-ortho nitro benzene ring substituents is 1. The number of nitrogens with one attached hydrogen (secondary N) is 1. The van der Waals surface area contributed by atoms with Crippen molar-refractivity contribution in [3.05, 3.63) is 75.5 Å². The number of carbonyl (C=O) groups is 1. The van der Waals surface area contributed by atoms with Crippen LogP contribution in [0.25, 0.3) is 11.4 Å². The molecule has 5 rings (SSSR count). The highest BCUT2D eigenvalue weighted by Gasteiger charge is 2.38. The highest BCUT2D eigenvalue weighted by molar-refractivity contribution is 5.99. The van der Waals surface area contributed by atoms with Crippen LogP contribution in [0.5, 0.6) is 5.75 Å². The Morgan fingerprint density at radius 1 is 1.19 bits per heavy atom. The van der Waals surface area contributed by atoms with Crippen molar-refractivity contribution < 1.29 is 14.5 Å². The van der Waals surface area contributed by atoms with Crippen LogP contribution >= 0.6 is 0 Å². The Morgan fingerprint density at radius 2 is 1.97 bits per heavy atom. The normalized spacial score (nSPS) is 17.4. The fourth-order valence-corrected chi connectivity index (χ4v) is 4.29. The zero-order valence-electron chi connectivity index (χ0n) is 17.4. The number of hydrogen-bond acceptors (Lipinski definition) is 7. The van der Waals surface area contributed by atoms with Gasteiger partial charge in [-0.15, -0.1) is 5.10 Å². The summed E-state index contributed by atoms with van der Waals surface area (Å²) in [5.41, 5.74) is 3.06. The average molecular weight is 431 g/mol. The molecular formula is C23H21N5O4. The van der Waals surface area contributed by atoms with E-state index < -0.39 is 11.0 Å². The Hall–Kier alpha value is -4.01. The lowest BCUT2D eigenvalue weighted by Gasteiger charge is -2.32. The molecule has 0 amide bonds. The molecule has 0 bridgehead atoms. The number of fused-ring (bicyclic) bond motifs is 1. The number of nitro groups is 1. The number of nitro benzene ring substituents is 1. The number of benzene rings is 2. The summed E-state index contributed by atoms with van der Waals surface area (Å²) >= 11 is 0. The van der Waals surface area contributed by atoms with Crippen molar-refractivity contribution in [2.75, 3.05) is 11.9 Å². The molecule has 32 heavy (non-hydrogen) atoms. The maximum Gasteiger partial charge on any atom is 0.269 e. The topological polar surface area (TPSA) is 112 Å². The van der Waals surface area contributed by atoms with Gasteiger partial charge >= 0.3 is 0 Å². The minimum atomic E-state index is -0.462. The second kappa shape index (κ2) is 7.92. The number of aromatic nitrogens is 3. The average Bonchev–Trinajstić information content (AvgIpc) is 3.22. The van der Waals surface area contributed by atoms with E-state index in [0.717, 1.165) is 24.1 Å². The molecule has 9 nitrogen and oxygen atoms in total. The monoisotopic (exact) mass is 431 g/mol. The number of para-hydroxylation sites is 1. The molecule has 1 atom stereocenters. The molecule has 0 fully saturated rings. The van der Waals surface area contributed by atoms with Gasteiger partial charge < -0.3 is 10.1 Å². The minimum absolute atomic E-state index is 0.00194. The minimum Gasteiger partial charge on any atom is -0.494 e. The number of Topliss-reactive ketones (excluding diaryl/α,β-unsaturated/α-hetero) is 1. The Morgan fingerprint density at radius 3 is 2.72 bits per heavy atom. The number of rotatable bonds is 5. The zero-order valence-corrected chi connectivity index (χ0v) is 17.4. The summed E-state index contributed by atoms with van der Waals surface area (Å²) in [5.74, 6) is 1.75. The van der Waals surface area contributed by atoms with Crippen molar-refractivity contribution in [3.8, 4) is 17.1 Å². The van der Waals surface area contributed by atoms with Crippen molar-refractivity contribution in [3.63, 3.8) is 0 Å². The number of allylic oxidation sites excluding steroid dienone is 2. The van der Waals surface area contributed by atoms with Crippen molar-refractivity contribution in [1.29, 1.82) is 0 Å². The molecule has 1 aliphatic heterocycles. The maximum atomic E-state index is 13.0. The van der Waals surface area contributed by atoms with E-state index in [1.54, 1.807) is 16.8 Å². The van der Waals surface area contributed by atoms with Gasteiger partial charge in [-0.1, -0.05) is 18.2 Å². The highest BCUT2D eigenvalue weighted by atomic mass is 16.6. The van der Waals surface area contributed by atoms with Crippen molar-refractivity contribution in [2.24, 2.45) is 0 Å². The van der Waals surface area contributed by atoms with E-state index in [4.69, 9.17) is 9.84 Å². The van der Waals surface area contributed by atoms with E-state index in [1.165, 1.54) is 12.1 Å². The van der Waals surface area contributed by atoms with Crippen molar-refractivity contribution in [1.82, 2.24) is 14.8 Å². The van der Waals surface area contributed by atoms with Gasteiger partial charge in [-0.05, 0) is 38.0 Å². The summed E-state index contributed by atoms with van der Waals surface area (Å²) in [5, 5.41) is 19.0. The summed E-state index contributed by atoms with van der Waals surface area (Å²) < 4.78 is 7.59. The third kappa shape index (κ3) is 3.31. The molecule has 2 aromatic carbocycles. The third-order valence-corrected chi connectivity index (χ3v) is 5.72. The molecule has 0 spiro atoms. The largest absolute Gasteiger partial charge is 0.494 e. The van der Waals surface area contributed by atoms with Crippen LogP contribution in [-0.4, -0.2) is 32.1 Å². The van der Waals surface area contributed by atoms with Gasteiger partial charge in [-0.2, -0.15) is 4.98 Å². The molecule has 3 aromatic rings. The number of carbonyl (C=O) groups excluding carboxylic acids is 1. The Bertz CT molecular complexity index is 1250. The fourth-order valence-electron chi connectivity index (χ4n) is 4.29. The van der Waals surface area contributed by atoms with Crippen LogP contribution in [0.2, 0.25) is 0 Å². The number of ketones is 1. The van der Waals surface area contributed by atoms with Gasteiger partial charge in [-0.25, -0.2) is 4.68 Å². The summed E-state index contributed by atoms with van der Waals surface area (Å²) in [4.78, 5) is 28.2. The fraction of sp³-hybridized carbons (Fsp3) is 0.261. The molecule has 0 saturated heterocycles. The first kappa shape index (κ1) is 19.9. The number of hydrogen-bond donors (Lipinski definition) is 1. The molecule has 0 saturated carbocycles. The van der Waals surface area contributed by atoms with Crippen LogP contribution in [0.4, 0.5) is 11.6 Å². The summed E-state index contributed by atoms with van der Waals surface area (Å²) in [6, 6.07) is 13.3. The first-order valence-corrected chi connectivity index (χ1v) is 10.5. The van der Waals surface area contributed by atoms with Crippen LogP contribution < -0.4 is 10.1 Å². The summed E-state index contributed by atoms with van der Waals surface area (Å²) in [6.07, 6.45) is 2.04. The molecule has 1 aliphatic carbocycles. The molecule has 1 aromatic heterocycles. The molecule has 2 heterocycles. The highest BCUT2D eigenvalue weighted by Crippen LogP contribution is 2.43. The van der Waals surface area contributed by atoms with Gasteiger partial charge in [-0.3, -0.25) is 14.9 Å². The lowest BCUT2D eigenvalue weighted by Crippen LogP contribution is -2.31. The van der Waals surface area contributed by atoms with Gasteiger partial charge in [0.05, 0.1) is 11.5 Å². The van der Waals surface area contributed by atoms with Crippen LogP contribution in [0, 0.1) is 10.1 Å². The van der Waals surface area contributed by atoms with Crippen molar-refractivity contribution >= 4 is 17.4 Å². The van der Waals surface area contributed by atoms with Crippen LogP contribution in [0.1, 0.15) is 37.8 Å². The van der Waals surface area contributed by atoms with Crippen molar-refractivity contribution in [2.45, 2.75) is 32.2 Å². The van der Waals surface area contributed by atoms with E-state index in [0.29, 0.717) is 41.7 Å². The Balaban J connectivity index is 1.65. The number of anilines is 1. The second-order valence-electron chi connectivity index (χ2n) is 7.67. The molecule has 9 heteroatoms. The van der Waals surface area contributed by atoms with E-state index in [9.17, 15) is 14.9 Å². The van der Waals surface area contributed by atoms with Gasteiger partial charge in [0, 0.05) is 41.0 Å². The quantitative estimate of drug-likeness (QED) is 0.474. The molecule has 0 radical (unpaired) electrons. The van der Waals surface area contributed by atoms with E-state index in [1.807, 2.05) is 31.2 Å². The van der Waals surface area contributed by atoms with Gasteiger partial charge in [0.25, 0.3) is 5.69 Å². The number of nitrogens with zero attached hydrogens (tertiary/aromatic N) is 4. The predicted molar refractivity (Wildman–Crippen MR) is 117 cm³/mol. The van der Waals surface area contributed by atoms with Crippen LogP contribution in [0.15, 0.2) is 59.8 Å². The summed E-state index contributed by atoms with van der Waals surface area (Å²) in [6.45, 7) is 2.42. The molecule has 1 N–H and O–H groups in total. The van der Waals surface area contributed by atoms with Crippen LogP contribution in [0.3, 0.4) is 0 Å². The SMILES string of the molecule is CCOc1ccccc1C1C2=C(CCCC2=O)Nc2nc(-c3ccc([N+](=O)[O-])cc3)nn21. The number of ether oxygens (including phenoxy) is 1. The second-order valence-corrected chi connectivity index (χ2v) is 7.67. The smallest absolute Gasteiger partial charge is 0.269 e.